The molecule has 115 valence electrons. The number of hydrogen-bond acceptors (Lipinski definition) is 0. The molecular formula is C18H37O. The highest BCUT2D eigenvalue weighted by molar-refractivity contribution is 4.78. The Morgan fingerprint density at radius 1 is 0.526 bits per heavy atom. The van der Waals surface area contributed by atoms with Crippen LogP contribution in [0.2, 0.25) is 0 Å². The van der Waals surface area contributed by atoms with E-state index in [4.69, 9.17) is 0 Å². The van der Waals surface area contributed by atoms with E-state index in [1.165, 1.54) is 44.9 Å². The van der Waals surface area contributed by atoms with Gasteiger partial charge in [0.05, 0.1) is 0 Å². The summed E-state index contributed by atoms with van der Waals surface area (Å²) in [5, 5.41) is 12.8. The van der Waals surface area contributed by atoms with Crippen molar-refractivity contribution in [2.75, 3.05) is 0 Å². The zero-order valence-electron chi connectivity index (χ0n) is 13.8. The van der Waals surface area contributed by atoms with Crippen molar-refractivity contribution in [1.82, 2.24) is 0 Å². The van der Waals surface area contributed by atoms with E-state index in [0.29, 0.717) is 0 Å². The van der Waals surface area contributed by atoms with Crippen molar-refractivity contribution in [3.63, 3.8) is 0 Å². The molecule has 1 nitrogen and oxygen atoms in total. The number of hydrogen-bond donors (Lipinski definition) is 0. The first-order valence-corrected chi connectivity index (χ1v) is 8.89. The molecule has 0 amide bonds. The Bertz CT molecular complexity index is 179. The van der Waals surface area contributed by atoms with Gasteiger partial charge in [-0.1, -0.05) is 91.4 Å². The normalized spacial score (nSPS) is 14.5. The van der Waals surface area contributed by atoms with Crippen molar-refractivity contribution in [3.05, 3.63) is 0 Å². The molecule has 0 aliphatic carbocycles. The van der Waals surface area contributed by atoms with Gasteiger partial charge in [-0.15, -0.1) is 0 Å². The fraction of sp³-hybridized carbons (Fsp3) is 1.00. The zero-order valence-corrected chi connectivity index (χ0v) is 13.8. The van der Waals surface area contributed by atoms with Crippen LogP contribution in [0.1, 0.15) is 111 Å². The van der Waals surface area contributed by atoms with E-state index < -0.39 is 5.60 Å². The summed E-state index contributed by atoms with van der Waals surface area (Å²) in [5.74, 6) is 0. The number of unbranched alkanes of at least 4 members (excludes halogenated alkanes) is 8. The van der Waals surface area contributed by atoms with Gasteiger partial charge in [-0.05, 0) is 19.3 Å². The van der Waals surface area contributed by atoms with Gasteiger partial charge in [0.25, 0.3) is 0 Å². The van der Waals surface area contributed by atoms with Crippen LogP contribution in [0, 0.1) is 0 Å². The van der Waals surface area contributed by atoms with Gasteiger partial charge in [0.1, 0.15) is 5.60 Å². The van der Waals surface area contributed by atoms with Crippen LogP contribution in [0.4, 0.5) is 0 Å². The lowest BCUT2D eigenvalue weighted by Gasteiger charge is -2.25. The maximum atomic E-state index is 12.8. The maximum absolute atomic E-state index is 12.8. The predicted octanol–water partition coefficient (Wildman–Crippen LogP) is 6.68. The van der Waals surface area contributed by atoms with Gasteiger partial charge in [0.2, 0.25) is 0 Å². The lowest BCUT2D eigenvalue weighted by atomic mass is 9.85. The molecule has 1 radical (unpaired) electrons. The van der Waals surface area contributed by atoms with Gasteiger partial charge in [-0.2, -0.15) is 0 Å². The second kappa shape index (κ2) is 13.0. The summed E-state index contributed by atoms with van der Waals surface area (Å²) in [7, 11) is 0. The molecular weight excluding hydrogens is 232 g/mol. The molecule has 1 heteroatoms. The molecule has 1 atom stereocenters. The van der Waals surface area contributed by atoms with Crippen molar-refractivity contribution in [3.8, 4) is 0 Å². The van der Waals surface area contributed by atoms with Gasteiger partial charge >= 0.3 is 0 Å². The monoisotopic (exact) mass is 269 g/mol. The van der Waals surface area contributed by atoms with E-state index in [1.807, 2.05) is 0 Å². The Hall–Kier alpha value is -0.0400. The van der Waals surface area contributed by atoms with Crippen LogP contribution in [0.15, 0.2) is 0 Å². The second-order valence-electron chi connectivity index (χ2n) is 6.26. The molecule has 0 aromatic carbocycles. The average Bonchev–Trinajstić information content (AvgIpc) is 2.41. The van der Waals surface area contributed by atoms with Crippen molar-refractivity contribution in [1.29, 1.82) is 0 Å². The summed E-state index contributed by atoms with van der Waals surface area (Å²) in [6, 6.07) is 0. The molecule has 19 heavy (non-hydrogen) atoms. The third-order valence-corrected chi connectivity index (χ3v) is 4.21. The van der Waals surface area contributed by atoms with Crippen LogP contribution in [0.25, 0.3) is 0 Å². The van der Waals surface area contributed by atoms with E-state index in [-0.39, 0.29) is 0 Å². The minimum absolute atomic E-state index is 0.601. The summed E-state index contributed by atoms with van der Waals surface area (Å²) in [4.78, 5) is 0. The summed E-state index contributed by atoms with van der Waals surface area (Å²) < 4.78 is 0. The van der Waals surface area contributed by atoms with Gasteiger partial charge in [-0.3, -0.25) is 0 Å². The van der Waals surface area contributed by atoms with Crippen molar-refractivity contribution in [2.45, 2.75) is 116 Å². The molecule has 0 saturated carbocycles. The lowest BCUT2D eigenvalue weighted by molar-refractivity contribution is -0.0554. The smallest absolute Gasteiger partial charge is 0.104 e. The molecule has 1 unspecified atom stereocenters. The van der Waals surface area contributed by atoms with Crippen LogP contribution >= 0.6 is 0 Å². The maximum Gasteiger partial charge on any atom is 0.104 e. The molecule has 0 aliphatic heterocycles. The Labute approximate surface area is 122 Å². The first-order chi connectivity index (χ1) is 9.18. The standard InChI is InChI=1S/C18H37O/c1-4-7-10-11-12-14-17-18(19,15-9-6-3)16-13-8-5-2/h4-17H2,1-3H3. The van der Waals surface area contributed by atoms with Crippen molar-refractivity contribution < 1.29 is 5.11 Å². The third kappa shape index (κ3) is 11.5. The molecule has 0 aromatic heterocycles. The molecule has 0 aromatic rings. The lowest BCUT2D eigenvalue weighted by Crippen LogP contribution is -2.26. The zero-order chi connectivity index (χ0) is 14.4. The van der Waals surface area contributed by atoms with Gasteiger partial charge < -0.3 is 0 Å². The highest BCUT2D eigenvalue weighted by atomic mass is 16.3. The molecule has 0 fully saturated rings. The van der Waals surface area contributed by atoms with Crippen LogP contribution in [-0.4, -0.2) is 5.60 Å². The quantitative estimate of drug-likeness (QED) is 0.314. The van der Waals surface area contributed by atoms with Crippen LogP contribution in [0.3, 0.4) is 0 Å². The average molecular weight is 269 g/mol. The van der Waals surface area contributed by atoms with E-state index >= 15 is 0 Å². The van der Waals surface area contributed by atoms with Crippen LogP contribution in [0.5, 0.6) is 0 Å². The molecule has 0 N–H and O–H groups in total. The first-order valence-electron chi connectivity index (χ1n) is 8.89. The fourth-order valence-electron chi connectivity index (χ4n) is 2.80. The fourth-order valence-corrected chi connectivity index (χ4v) is 2.80. The topological polar surface area (TPSA) is 19.9 Å². The Balaban J connectivity index is 3.83. The SMILES string of the molecule is CCCCCCCCC([O])(CCCC)CCCCC. The molecule has 0 saturated heterocycles. The van der Waals surface area contributed by atoms with Crippen LogP contribution < -0.4 is 0 Å². The Kier molecular flexibility index (Phi) is 12.9. The van der Waals surface area contributed by atoms with E-state index in [2.05, 4.69) is 20.8 Å². The van der Waals surface area contributed by atoms with Gasteiger partial charge in [0.15, 0.2) is 0 Å². The number of rotatable bonds is 14. The second-order valence-corrected chi connectivity index (χ2v) is 6.26. The summed E-state index contributed by atoms with van der Waals surface area (Å²) >= 11 is 0. The Morgan fingerprint density at radius 2 is 0.895 bits per heavy atom. The molecule has 0 heterocycles. The van der Waals surface area contributed by atoms with E-state index in [9.17, 15) is 5.11 Å². The predicted molar refractivity (Wildman–Crippen MR) is 85.1 cm³/mol. The summed E-state index contributed by atoms with van der Waals surface area (Å²) in [6.45, 7) is 6.66. The Morgan fingerprint density at radius 3 is 1.47 bits per heavy atom. The van der Waals surface area contributed by atoms with Crippen LogP contribution in [-0.2, 0) is 5.11 Å². The molecule has 0 aliphatic rings. The van der Waals surface area contributed by atoms with E-state index in [0.717, 1.165) is 44.9 Å². The summed E-state index contributed by atoms with van der Waals surface area (Å²) in [5.41, 5.74) is -0.601. The first kappa shape index (κ1) is 19.0. The largest absolute Gasteiger partial charge is 0.229 e. The highest BCUT2D eigenvalue weighted by Crippen LogP contribution is 2.28. The van der Waals surface area contributed by atoms with Crippen molar-refractivity contribution >= 4 is 0 Å². The minimum atomic E-state index is -0.601. The highest BCUT2D eigenvalue weighted by Gasteiger charge is 2.27. The van der Waals surface area contributed by atoms with E-state index in [1.54, 1.807) is 0 Å². The van der Waals surface area contributed by atoms with Crippen molar-refractivity contribution in [2.24, 2.45) is 0 Å². The summed E-state index contributed by atoms with van der Waals surface area (Å²) in [6.07, 6.45) is 16.4. The third-order valence-electron chi connectivity index (χ3n) is 4.21. The molecule has 0 rings (SSSR count). The van der Waals surface area contributed by atoms with Gasteiger partial charge in [0, 0.05) is 0 Å². The minimum Gasteiger partial charge on any atom is -0.229 e. The van der Waals surface area contributed by atoms with Gasteiger partial charge in [-0.25, -0.2) is 5.11 Å². The molecule has 0 spiro atoms. The molecule has 0 bridgehead atoms.